The molecule has 1 saturated heterocycles. The number of likely N-dealkylation sites (tertiary alicyclic amines) is 1. The molecule has 1 aromatic rings. The fourth-order valence-electron chi connectivity index (χ4n) is 3.65. The third kappa shape index (κ3) is 6.19. The maximum absolute atomic E-state index is 12.6. The van der Waals surface area contributed by atoms with Gasteiger partial charge in [0, 0.05) is 24.2 Å². The molecule has 2 rings (SSSR count). The SMILES string of the molecule is CCN(CC(=O)O)C1CCN(C(C)C(=O)NC(C)c2ccc(Cl)cc2)CC1. The van der Waals surface area contributed by atoms with Crippen LogP contribution in [-0.2, 0) is 9.59 Å². The van der Waals surface area contributed by atoms with Crippen molar-refractivity contribution in [3.63, 3.8) is 0 Å². The Kier molecular flexibility index (Phi) is 8.07. The minimum absolute atomic E-state index is 0.00813. The highest BCUT2D eigenvalue weighted by atomic mass is 35.5. The molecule has 1 aromatic carbocycles. The number of carbonyl (C=O) groups is 2. The molecule has 2 unspecified atom stereocenters. The second-order valence-electron chi connectivity index (χ2n) is 7.18. The molecule has 1 aliphatic heterocycles. The molecule has 0 radical (unpaired) electrons. The highest BCUT2D eigenvalue weighted by molar-refractivity contribution is 6.30. The Morgan fingerprint density at radius 2 is 1.85 bits per heavy atom. The molecule has 1 aliphatic rings. The molecule has 0 spiro atoms. The van der Waals surface area contributed by atoms with Gasteiger partial charge in [0.1, 0.15) is 0 Å². The number of amides is 1. The summed E-state index contributed by atoms with van der Waals surface area (Å²) >= 11 is 5.92. The summed E-state index contributed by atoms with van der Waals surface area (Å²) in [7, 11) is 0. The number of aliphatic carboxylic acids is 1. The predicted molar refractivity (Wildman–Crippen MR) is 107 cm³/mol. The van der Waals surface area contributed by atoms with Gasteiger partial charge < -0.3 is 10.4 Å². The van der Waals surface area contributed by atoms with E-state index in [-0.39, 0.29) is 30.6 Å². The quantitative estimate of drug-likeness (QED) is 0.708. The van der Waals surface area contributed by atoms with Gasteiger partial charge in [0.15, 0.2) is 0 Å². The van der Waals surface area contributed by atoms with Gasteiger partial charge in [0.25, 0.3) is 0 Å². The van der Waals surface area contributed by atoms with Gasteiger partial charge in [-0.25, -0.2) is 0 Å². The van der Waals surface area contributed by atoms with Gasteiger partial charge in [0.2, 0.25) is 5.91 Å². The highest BCUT2D eigenvalue weighted by Crippen LogP contribution is 2.20. The van der Waals surface area contributed by atoms with Crippen LogP contribution in [0.3, 0.4) is 0 Å². The molecule has 0 aliphatic carbocycles. The van der Waals surface area contributed by atoms with Crippen LogP contribution in [0.2, 0.25) is 5.02 Å². The van der Waals surface area contributed by atoms with Crippen LogP contribution in [0.5, 0.6) is 0 Å². The minimum Gasteiger partial charge on any atom is -0.480 e. The van der Waals surface area contributed by atoms with Crippen molar-refractivity contribution in [2.24, 2.45) is 0 Å². The van der Waals surface area contributed by atoms with Gasteiger partial charge >= 0.3 is 5.97 Å². The van der Waals surface area contributed by atoms with E-state index in [1.807, 2.05) is 49.9 Å². The Hall–Kier alpha value is -1.63. The first kappa shape index (κ1) is 21.7. The zero-order chi connectivity index (χ0) is 20.0. The maximum atomic E-state index is 12.6. The van der Waals surface area contributed by atoms with Crippen molar-refractivity contribution in [2.45, 2.75) is 51.7 Å². The van der Waals surface area contributed by atoms with Crippen LogP contribution in [0.15, 0.2) is 24.3 Å². The third-order valence-electron chi connectivity index (χ3n) is 5.42. The summed E-state index contributed by atoms with van der Waals surface area (Å²) < 4.78 is 0. The van der Waals surface area contributed by atoms with E-state index < -0.39 is 5.97 Å². The van der Waals surface area contributed by atoms with Crippen LogP contribution in [0.1, 0.15) is 45.2 Å². The summed E-state index contributed by atoms with van der Waals surface area (Å²) in [6.45, 7) is 8.28. The van der Waals surface area contributed by atoms with Gasteiger partial charge in [-0.1, -0.05) is 30.7 Å². The fourth-order valence-corrected chi connectivity index (χ4v) is 3.77. The summed E-state index contributed by atoms with van der Waals surface area (Å²) in [6, 6.07) is 7.47. The van der Waals surface area contributed by atoms with Crippen LogP contribution < -0.4 is 5.32 Å². The molecular weight excluding hydrogens is 366 g/mol. The van der Waals surface area contributed by atoms with Gasteiger partial charge in [-0.05, 0) is 50.9 Å². The number of halogens is 1. The van der Waals surface area contributed by atoms with Crippen molar-refractivity contribution >= 4 is 23.5 Å². The van der Waals surface area contributed by atoms with Gasteiger partial charge in [-0.2, -0.15) is 0 Å². The Morgan fingerprint density at radius 3 is 2.37 bits per heavy atom. The van der Waals surface area contributed by atoms with E-state index in [0.29, 0.717) is 5.02 Å². The lowest BCUT2D eigenvalue weighted by atomic mass is 10.0. The molecule has 1 fully saturated rings. The molecule has 2 N–H and O–H groups in total. The molecule has 1 heterocycles. The van der Waals surface area contributed by atoms with E-state index in [1.54, 1.807) is 0 Å². The van der Waals surface area contributed by atoms with E-state index >= 15 is 0 Å². The van der Waals surface area contributed by atoms with E-state index in [1.165, 1.54) is 0 Å². The first-order chi connectivity index (χ1) is 12.8. The topological polar surface area (TPSA) is 72.9 Å². The molecule has 6 nitrogen and oxygen atoms in total. The zero-order valence-electron chi connectivity index (χ0n) is 16.3. The number of likely N-dealkylation sites (N-methyl/N-ethyl adjacent to an activating group) is 1. The smallest absolute Gasteiger partial charge is 0.317 e. The van der Waals surface area contributed by atoms with Gasteiger partial charge in [-0.15, -0.1) is 0 Å². The monoisotopic (exact) mass is 395 g/mol. The maximum Gasteiger partial charge on any atom is 0.317 e. The lowest BCUT2D eigenvalue weighted by Gasteiger charge is -2.39. The molecule has 0 saturated carbocycles. The molecule has 27 heavy (non-hydrogen) atoms. The highest BCUT2D eigenvalue weighted by Gasteiger charge is 2.30. The lowest BCUT2D eigenvalue weighted by Crippen LogP contribution is -2.52. The lowest BCUT2D eigenvalue weighted by molar-refractivity contribution is -0.139. The largest absolute Gasteiger partial charge is 0.480 e. The summed E-state index contributed by atoms with van der Waals surface area (Å²) in [5.41, 5.74) is 1.02. The number of carboxylic acid groups (broad SMARTS) is 1. The number of benzene rings is 1. The first-order valence-electron chi connectivity index (χ1n) is 9.57. The number of nitrogens with zero attached hydrogens (tertiary/aromatic N) is 2. The Labute approximate surface area is 166 Å². The normalized spacial score (nSPS) is 18.3. The molecule has 150 valence electrons. The summed E-state index contributed by atoms with van der Waals surface area (Å²) in [4.78, 5) is 27.8. The van der Waals surface area contributed by atoms with Crippen molar-refractivity contribution < 1.29 is 14.7 Å². The number of rotatable bonds is 8. The number of carboxylic acids is 1. The predicted octanol–water partition coefficient (Wildman–Crippen LogP) is 2.78. The Balaban J connectivity index is 1.85. The van der Waals surface area contributed by atoms with E-state index in [2.05, 4.69) is 10.2 Å². The van der Waals surface area contributed by atoms with Gasteiger partial charge in [0.05, 0.1) is 18.6 Å². The third-order valence-corrected chi connectivity index (χ3v) is 5.67. The summed E-state index contributed by atoms with van der Waals surface area (Å²) in [5, 5.41) is 12.8. The van der Waals surface area contributed by atoms with Crippen molar-refractivity contribution in [3.05, 3.63) is 34.9 Å². The summed E-state index contributed by atoms with van der Waals surface area (Å²) in [5.74, 6) is -0.781. The minimum atomic E-state index is -0.789. The van der Waals surface area contributed by atoms with Crippen molar-refractivity contribution in [2.75, 3.05) is 26.2 Å². The summed E-state index contributed by atoms with van der Waals surface area (Å²) in [6.07, 6.45) is 1.76. The van der Waals surface area contributed by atoms with Crippen molar-refractivity contribution in [1.82, 2.24) is 15.1 Å². The van der Waals surface area contributed by atoms with Crippen molar-refractivity contribution in [3.8, 4) is 0 Å². The molecule has 2 atom stereocenters. The van der Waals surface area contributed by atoms with E-state index in [0.717, 1.165) is 38.0 Å². The van der Waals surface area contributed by atoms with E-state index in [9.17, 15) is 9.59 Å². The van der Waals surface area contributed by atoms with Crippen LogP contribution in [0.25, 0.3) is 0 Å². The average molecular weight is 396 g/mol. The molecule has 1 amide bonds. The standard InChI is InChI=1S/C20H30ClN3O3/c1-4-23(13-19(25)26)18-9-11-24(12-10-18)15(3)20(27)22-14(2)16-5-7-17(21)8-6-16/h5-8,14-15,18H,4,9-13H2,1-3H3,(H,22,27)(H,25,26). The first-order valence-corrected chi connectivity index (χ1v) is 9.95. The number of carbonyl (C=O) groups excluding carboxylic acids is 1. The average Bonchev–Trinajstić information content (AvgIpc) is 2.66. The second-order valence-corrected chi connectivity index (χ2v) is 7.62. The van der Waals surface area contributed by atoms with Crippen LogP contribution in [0.4, 0.5) is 0 Å². The Bertz CT molecular complexity index is 630. The second kappa shape index (κ2) is 10.1. The molecule has 7 heteroatoms. The number of nitrogens with one attached hydrogen (secondary N) is 1. The number of piperidine rings is 1. The van der Waals surface area contributed by atoms with E-state index in [4.69, 9.17) is 16.7 Å². The fraction of sp³-hybridized carbons (Fsp3) is 0.600. The van der Waals surface area contributed by atoms with Crippen LogP contribution in [-0.4, -0.2) is 65.0 Å². The van der Waals surface area contributed by atoms with Crippen molar-refractivity contribution in [1.29, 1.82) is 0 Å². The molecule has 0 aromatic heterocycles. The number of hydrogen-bond acceptors (Lipinski definition) is 4. The number of hydrogen-bond donors (Lipinski definition) is 2. The van der Waals surface area contributed by atoms with Gasteiger partial charge in [-0.3, -0.25) is 19.4 Å². The molecular formula is C20H30ClN3O3. The Morgan fingerprint density at radius 1 is 1.26 bits per heavy atom. The van der Waals surface area contributed by atoms with Crippen LogP contribution >= 0.6 is 11.6 Å². The van der Waals surface area contributed by atoms with Crippen LogP contribution in [0, 0.1) is 0 Å². The molecule has 0 bridgehead atoms. The zero-order valence-corrected chi connectivity index (χ0v) is 17.1.